The van der Waals surface area contributed by atoms with E-state index in [9.17, 15) is 4.79 Å². The van der Waals surface area contributed by atoms with Crippen LogP contribution in [0.3, 0.4) is 0 Å². The summed E-state index contributed by atoms with van der Waals surface area (Å²) in [6.45, 7) is -0.279. The van der Waals surface area contributed by atoms with Gasteiger partial charge in [-0.05, 0) is 30.3 Å². The number of amides is 1. The second-order valence-corrected chi connectivity index (χ2v) is 5.18. The van der Waals surface area contributed by atoms with Gasteiger partial charge in [-0.25, -0.2) is 0 Å². The summed E-state index contributed by atoms with van der Waals surface area (Å²) in [6, 6.07) is 15.7. The minimum atomic E-state index is -0.334. The second-order valence-electron chi connectivity index (χ2n) is 4.34. The smallest absolute Gasteiger partial charge is 0.265 e. The monoisotopic (exact) mass is 334 g/mol. The van der Waals surface area contributed by atoms with E-state index in [2.05, 4.69) is 0 Å². The van der Waals surface area contributed by atoms with Crippen molar-refractivity contribution < 1.29 is 9.53 Å². The molecule has 0 spiro atoms. The maximum atomic E-state index is 12.3. The van der Waals surface area contributed by atoms with E-state index >= 15 is 0 Å². The third-order valence-corrected chi connectivity index (χ3v) is 3.37. The molecule has 2 aromatic rings. The van der Waals surface area contributed by atoms with Crippen LogP contribution < -0.4 is 9.64 Å². The molecule has 2 rings (SSSR count). The van der Waals surface area contributed by atoms with Crippen LogP contribution in [0.4, 0.5) is 5.69 Å². The topological polar surface area (TPSA) is 53.3 Å². The maximum absolute atomic E-state index is 12.3. The Morgan fingerprint density at radius 2 is 1.91 bits per heavy atom. The highest BCUT2D eigenvalue weighted by atomic mass is 35.5. The molecular weight excluding hydrogens is 323 g/mol. The summed E-state index contributed by atoms with van der Waals surface area (Å²) >= 11 is 11.8. The average molecular weight is 335 g/mol. The van der Waals surface area contributed by atoms with Gasteiger partial charge in [-0.2, -0.15) is 5.26 Å². The Balaban J connectivity index is 2.07. The number of anilines is 1. The zero-order valence-electron chi connectivity index (χ0n) is 11.5. The van der Waals surface area contributed by atoms with Crippen LogP contribution in [0.2, 0.25) is 10.0 Å². The molecule has 0 heterocycles. The minimum Gasteiger partial charge on any atom is -0.482 e. The molecule has 0 saturated carbocycles. The van der Waals surface area contributed by atoms with Crippen LogP contribution in [0.15, 0.2) is 48.5 Å². The normalized spacial score (nSPS) is 9.86. The van der Waals surface area contributed by atoms with Gasteiger partial charge in [-0.1, -0.05) is 41.4 Å². The van der Waals surface area contributed by atoms with Crippen molar-refractivity contribution in [3.8, 4) is 11.8 Å². The first-order chi connectivity index (χ1) is 10.6. The fourth-order valence-electron chi connectivity index (χ4n) is 1.81. The Kier molecular flexibility index (Phi) is 5.65. The first-order valence-corrected chi connectivity index (χ1v) is 7.17. The van der Waals surface area contributed by atoms with E-state index in [1.165, 1.54) is 11.0 Å². The van der Waals surface area contributed by atoms with E-state index in [1.807, 2.05) is 12.1 Å². The summed E-state index contributed by atoms with van der Waals surface area (Å²) in [5.74, 6) is 0.0307. The Labute approximate surface area is 138 Å². The van der Waals surface area contributed by atoms with Gasteiger partial charge in [0.2, 0.25) is 0 Å². The standard InChI is InChI=1S/C16H12Cl2N2O2/c17-12-6-7-15(14(18)10-12)22-11-16(21)20(9-8-19)13-4-2-1-3-5-13/h1-7,10H,9,11H2. The predicted octanol–water partition coefficient (Wildman–Crippen LogP) is 3.93. The van der Waals surface area contributed by atoms with Gasteiger partial charge < -0.3 is 4.74 Å². The summed E-state index contributed by atoms with van der Waals surface area (Å²) in [6.07, 6.45) is 0. The van der Waals surface area contributed by atoms with Gasteiger partial charge in [0, 0.05) is 10.7 Å². The number of carbonyl (C=O) groups excluding carboxylic acids is 1. The SMILES string of the molecule is N#CCN(C(=O)COc1ccc(Cl)cc1Cl)c1ccccc1. The number of hydrogen-bond acceptors (Lipinski definition) is 3. The van der Waals surface area contributed by atoms with Crippen LogP contribution in [-0.2, 0) is 4.79 Å². The Hall–Kier alpha value is -2.22. The molecule has 0 aliphatic carbocycles. The van der Waals surface area contributed by atoms with E-state index in [4.69, 9.17) is 33.2 Å². The van der Waals surface area contributed by atoms with E-state index in [1.54, 1.807) is 36.4 Å². The lowest BCUT2D eigenvalue weighted by Gasteiger charge is -2.20. The number of carbonyl (C=O) groups is 1. The number of ether oxygens (including phenoxy) is 1. The lowest BCUT2D eigenvalue weighted by molar-refractivity contribution is -0.120. The van der Waals surface area contributed by atoms with Crippen LogP contribution in [-0.4, -0.2) is 19.1 Å². The van der Waals surface area contributed by atoms with Crippen molar-refractivity contribution in [2.45, 2.75) is 0 Å². The van der Waals surface area contributed by atoms with E-state index in [0.29, 0.717) is 21.5 Å². The van der Waals surface area contributed by atoms with Crippen LogP contribution >= 0.6 is 23.2 Å². The zero-order chi connectivity index (χ0) is 15.9. The molecule has 1 amide bonds. The van der Waals surface area contributed by atoms with Crippen molar-refractivity contribution in [3.63, 3.8) is 0 Å². The fraction of sp³-hybridized carbons (Fsp3) is 0.125. The van der Waals surface area contributed by atoms with Crippen molar-refractivity contribution >= 4 is 34.8 Å². The molecule has 4 nitrogen and oxygen atoms in total. The van der Waals surface area contributed by atoms with Crippen molar-refractivity contribution in [2.24, 2.45) is 0 Å². The van der Waals surface area contributed by atoms with Crippen LogP contribution in [0, 0.1) is 11.3 Å². The summed E-state index contributed by atoms with van der Waals surface area (Å²) in [5, 5.41) is 9.70. The quantitative estimate of drug-likeness (QED) is 0.778. The molecule has 0 saturated heterocycles. The molecular formula is C16H12Cl2N2O2. The number of nitriles is 1. The number of hydrogen-bond donors (Lipinski definition) is 0. The van der Waals surface area contributed by atoms with Crippen molar-refractivity contribution in [1.82, 2.24) is 0 Å². The first kappa shape index (κ1) is 16.2. The van der Waals surface area contributed by atoms with E-state index < -0.39 is 0 Å². The minimum absolute atomic E-state index is 0.0550. The van der Waals surface area contributed by atoms with Gasteiger partial charge in [0.25, 0.3) is 5.91 Å². The van der Waals surface area contributed by atoms with Gasteiger partial charge in [0.05, 0.1) is 11.1 Å². The Bertz CT molecular complexity index is 699. The molecule has 0 aliphatic rings. The highest BCUT2D eigenvalue weighted by Gasteiger charge is 2.16. The van der Waals surface area contributed by atoms with Crippen LogP contribution in [0.1, 0.15) is 0 Å². The van der Waals surface area contributed by atoms with Crippen LogP contribution in [0.5, 0.6) is 5.75 Å². The molecule has 0 aromatic heterocycles. The number of benzene rings is 2. The largest absolute Gasteiger partial charge is 0.482 e. The molecule has 0 fully saturated rings. The van der Waals surface area contributed by atoms with E-state index in [-0.39, 0.29) is 19.1 Å². The summed E-state index contributed by atoms with van der Waals surface area (Å²) in [4.78, 5) is 13.6. The Morgan fingerprint density at radius 3 is 2.55 bits per heavy atom. The summed E-state index contributed by atoms with van der Waals surface area (Å²) in [5.41, 5.74) is 0.639. The first-order valence-electron chi connectivity index (χ1n) is 6.42. The third kappa shape index (κ3) is 4.14. The van der Waals surface area contributed by atoms with Crippen LogP contribution in [0.25, 0.3) is 0 Å². The highest BCUT2D eigenvalue weighted by Crippen LogP contribution is 2.27. The molecule has 6 heteroatoms. The van der Waals surface area contributed by atoms with Crippen molar-refractivity contribution in [1.29, 1.82) is 5.26 Å². The van der Waals surface area contributed by atoms with Crippen molar-refractivity contribution in [2.75, 3.05) is 18.1 Å². The van der Waals surface area contributed by atoms with Gasteiger partial charge in [0.1, 0.15) is 12.3 Å². The maximum Gasteiger partial charge on any atom is 0.265 e. The highest BCUT2D eigenvalue weighted by molar-refractivity contribution is 6.35. The number of halogens is 2. The molecule has 0 radical (unpaired) electrons. The number of para-hydroxylation sites is 1. The predicted molar refractivity (Wildman–Crippen MR) is 86.4 cm³/mol. The molecule has 0 bridgehead atoms. The fourth-order valence-corrected chi connectivity index (χ4v) is 2.27. The van der Waals surface area contributed by atoms with E-state index in [0.717, 1.165) is 0 Å². The molecule has 0 aliphatic heterocycles. The van der Waals surface area contributed by atoms with Gasteiger partial charge in [-0.15, -0.1) is 0 Å². The average Bonchev–Trinajstić information content (AvgIpc) is 2.52. The van der Waals surface area contributed by atoms with Crippen molar-refractivity contribution in [3.05, 3.63) is 58.6 Å². The molecule has 2 aromatic carbocycles. The third-order valence-electron chi connectivity index (χ3n) is 2.84. The second kappa shape index (κ2) is 7.69. The van der Waals surface area contributed by atoms with Gasteiger partial charge >= 0.3 is 0 Å². The van der Waals surface area contributed by atoms with Gasteiger partial charge in [-0.3, -0.25) is 9.69 Å². The molecule has 0 N–H and O–H groups in total. The molecule has 0 unspecified atom stereocenters. The number of rotatable bonds is 5. The molecule has 112 valence electrons. The summed E-state index contributed by atoms with van der Waals surface area (Å²) < 4.78 is 5.41. The number of nitrogens with zero attached hydrogens (tertiary/aromatic N) is 2. The van der Waals surface area contributed by atoms with Gasteiger partial charge in [0.15, 0.2) is 6.61 Å². The zero-order valence-corrected chi connectivity index (χ0v) is 13.0. The molecule has 0 atom stereocenters. The molecule has 22 heavy (non-hydrogen) atoms. The lowest BCUT2D eigenvalue weighted by atomic mass is 10.3. The lowest BCUT2D eigenvalue weighted by Crippen LogP contribution is -2.35. The Morgan fingerprint density at radius 1 is 1.18 bits per heavy atom. The summed E-state index contributed by atoms with van der Waals surface area (Å²) in [7, 11) is 0.